The van der Waals surface area contributed by atoms with E-state index < -0.39 is 10.0 Å². The van der Waals surface area contributed by atoms with E-state index in [4.69, 9.17) is 0 Å². The summed E-state index contributed by atoms with van der Waals surface area (Å²) in [7, 11) is -1.74. The summed E-state index contributed by atoms with van der Waals surface area (Å²) in [4.78, 5) is 4.50. The predicted molar refractivity (Wildman–Crippen MR) is 92.1 cm³/mol. The molecule has 1 heterocycles. The third kappa shape index (κ3) is 2.70. The highest BCUT2D eigenvalue weighted by atomic mass is 32.2. The summed E-state index contributed by atoms with van der Waals surface area (Å²) in [5.41, 5.74) is 3.28. The molecule has 0 atom stereocenters. The molecule has 0 saturated heterocycles. The lowest BCUT2D eigenvalue weighted by atomic mass is 10.2. The quantitative estimate of drug-likeness (QED) is 0.739. The van der Waals surface area contributed by atoms with Crippen molar-refractivity contribution in [3.8, 4) is 0 Å². The van der Waals surface area contributed by atoms with Gasteiger partial charge in [-0.05, 0) is 49.7 Å². The van der Waals surface area contributed by atoms with Crippen LogP contribution in [0.4, 0.5) is 5.69 Å². The first-order valence-electron chi connectivity index (χ1n) is 7.44. The van der Waals surface area contributed by atoms with E-state index in [1.807, 2.05) is 49.7 Å². The largest absolute Gasteiger partial charge is 0.334 e. The zero-order valence-corrected chi connectivity index (χ0v) is 14.2. The molecule has 0 aliphatic heterocycles. The van der Waals surface area contributed by atoms with Gasteiger partial charge in [0.05, 0.1) is 27.9 Å². The lowest BCUT2D eigenvalue weighted by Gasteiger charge is -2.23. The summed E-state index contributed by atoms with van der Waals surface area (Å²) in [5, 5.41) is 0. The molecule has 3 rings (SSSR count). The number of aromatic nitrogens is 2. The molecular formula is C17H19N3O2S. The van der Waals surface area contributed by atoms with Crippen molar-refractivity contribution in [3.63, 3.8) is 0 Å². The van der Waals surface area contributed by atoms with Crippen LogP contribution in [-0.2, 0) is 17.1 Å². The maximum Gasteiger partial charge on any atom is 0.264 e. The van der Waals surface area contributed by atoms with Crippen LogP contribution in [0, 0.1) is 6.92 Å². The maximum absolute atomic E-state index is 13.0. The standard InChI is InChI=1S/C17H19N3O2S/c1-4-20(14-7-5-6-13(2)10-14)23(21,22)15-8-9-17-16(11-15)18-12-19(17)3/h5-12H,4H2,1-3H3. The van der Waals surface area contributed by atoms with E-state index in [0.717, 1.165) is 11.1 Å². The molecule has 0 unspecified atom stereocenters. The molecule has 6 heteroatoms. The van der Waals surface area contributed by atoms with Crippen LogP contribution in [0.2, 0.25) is 0 Å². The van der Waals surface area contributed by atoms with Crippen molar-refractivity contribution in [1.82, 2.24) is 9.55 Å². The van der Waals surface area contributed by atoms with Crippen LogP contribution in [0.5, 0.6) is 0 Å². The molecule has 2 aromatic carbocycles. The zero-order chi connectivity index (χ0) is 16.6. The van der Waals surface area contributed by atoms with Gasteiger partial charge >= 0.3 is 0 Å². The van der Waals surface area contributed by atoms with Crippen molar-refractivity contribution >= 4 is 26.7 Å². The van der Waals surface area contributed by atoms with E-state index in [-0.39, 0.29) is 4.90 Å². The molecule has 0 spiro atoms. The summed E-state index contributed by atoms with van der Waals surface area (Å²) in [5.74, 6) is 0. The second-order valence-electron chi connectivity index (χ2n) is 5.51. The van der Waals surface area contributed by atoms with Gasteiger partial charge < -0.3 is 4.57 Å². The molecule has 1 aromatic heterocycles. The van der Waals surface area contributed by atoms with Gasteiger partial charge in [0.15, 0.2) is 0 Å². The first-order chi connectivity index (χ1) is 10.9. The molecule has 0 saturated carbocycles. The molecule has 0 aliphatic carbocycles. The van der Waals surface area contributed by atoms with Crippen molar-refractivity contribution in [2.24, 2.45) is 7.05 Å². The Kier molecular flexibility index (Phi) is 3.85. The number of anilines is 1. The van der Waals surface area contributed by atoms with E-state index in [9.17, 15) is 8.42 Å². The predicted octanol–water partition coefficient (Wildman–Crippen LogP) is 3.10. The molecule has 0 radical (unpaired) electrons. The van der Waals surface area contributed by atoms with E-state index in [2.05, 4.69) is 4.98 Å². The van der Waals surface area contributed by atoms with Crippen LogP contribution in [0.3, 0.4) is 0 Å². The van der Waals surface area contributed by atoms with Gasteiger partial charge in [-0.1, -0.05) is 12.1 Å². The van der Waals surface area contributed by atoms with E-state index >= 15 is 0 Å². The van der Waals surface area contributed by atoms with Crippen LogP contribution in [-0.4, -0.2) is 24.5 Å². The Bertz CT molecular complexity index is 961. The van der Waals surface area contributed by atoms with Crippen molar-refractivity contribution in [2.75, 3.05) is 10.8 Å². The van der Waals surface area contributed by atoms with Gasteiger partial charge in [0.1, 0.15) is 0 Å². The van der Waals surface area contributed by atoms with Crippen molar-refractivity contribution in [1.29, 1.82) is 0 Å². The zero-order valence-electron chi connectivity index (χ0n) is 13.4. The van der Waals surface area contributed by atoms with Crippen molar-refractivity contribution in [2.45, 2.75) is 18.7 Å². The first kappa shape index (κ1) is 15.6. The minimum atomic E-state index is -3.62. The summed E-state index contributed by atoms with van der Waals surface area (Å²) >= 11 is 0. The number of fused-ring (bicyclic) bond motifs is 1. The number of aryl methyl sites for hydroxylation is 2. The normalized spacial score (nSPS) is 11.8. The van der Waals surface area contributed by atoms with Crippen LogP contribution in [0.15, 0.2) is 53.7 Å². The number of hydrogen-bond donors (Lipinski definition) is 0. The molecule has 120 valence electrons. The summed E-state index contributed by atoms with van der Waals surface area (Å²) in [6, 6.07) is 12.6. The van der Waals surface area contributed by atoms with Gasteiger partial charge in [-0.25, -0.2) is 13.4 Å². The summed E-state index contributed by atoms with van der Waals surface area (Å²) < 4.78 is 29.3. The highest BCUT2D eigenvalue weighted by Crippen LogP contribution is 2.26. The average Bonchev–Trinajstić information content (AvgIpc) is 2.89. The Hall–Kier alpha value is -2.34. The Morgan fingerprint density at radius 2 is 1.96 bits per heavy atom. The molecule has 3 aromatic rings. The van der Waals surface area contributed by atoms with Crippen LogP contribution in [0.1, 0.15) is 12.5 Å². The molecule has 0 bridgehead atoms. The Labute approximate surface area is 136 Å². The Morgan fingerprint density at radius 3 is 2.65 bits per heavy atom. The fourth-order valence-electron chi connectivity index (χ4n) is 2.68. The van der Waals surface area contributed by atoms with Crippen LogP contribution < -0.4 is 4.31 Å². The number of nitrogens with zero attached hydrogens (tertiary/aromatic N) is 3. The minimum absolute atomic E-state index is 0.257. The number of imidazole rings is 1. The lowest BCUT2D eigenvalue weighted by molar-refractivity contribution is 0.592. The number of sulfonamides is 1. The van der Waals surface area contributed by atoms with Gasteiger partial charge in [0, 0.05) is 13.6 Å². The molecular weight excluding hydrogens is 310 g/mol. The molecule has 23 heavy (non-hydrogen) atoms. The minimum Gasteiger partial charge on any atom is -0.334 e. The SMILES string of the molecule is CCN(c1cccc(C)c1)S(=O)(=O)c1ccc2c(c1)ncn2C. The van der Waals surface area contributed by atoms with E-state index in [1.165, 1.54) is 4.31 Å². The third-order valence-electron chi connectivity index (χ3n) is 3.86. The van der Waals surface area contributed by atoms with E-state index in [1.54, 1.807) is 24.5 Å². The second kappa shape index (κ2) is 5.70. The van der Waals surface area contributed by atoms with Gasteiger partial charge in [0.2, 0.25) is 0 Å². The highest BCUT2D eigenvalue weighted by Gasteiger charge is 2.24. The maximum atomic E-state index is 13.0. The Balaban J connectivity index is 2.10. The highest BCUT2D eigenvalue weighted by molar-refractivity contribution is 7.92. The fourth-order valence-corrected chi connectivity index (χ4v) is 4.16. The van der Waals surface area contributed by atoms with Crippen molar-refractivity contribution < 1.29 is 8.42 Å². The topological polar surface area (TPSA) is 55.2 Å². The first-order valence-corrected chi connectivity index (χ1v) is 8.88. The summed E-state index contributed by atoms with van der Waals surface area (Å²) in [6.45, 7) is 4.15. The number of hydrogen-bond acceptors (Lipinski definition) is 3. The van der Waals surface area contributed by atoms with Gasteiger partial charge in [-0.3, -0.25) is 4.31 Å². The van der Waals surface area contributed by atoms with Gasteiger partial charge in [-0.15, -0.1) is 0 Å². The summed E-state index contributed by atoms with van der Waals surface area (Å²) in [6.07, 6.45) is 1.68. The van der Waals surface area contributed by atoms with E-state index in [0.29, 0.717) is 17.7 Å². The van der Waals surface area contributed by atoms with Crippen molar-refractivity contribution in [3.05, 3.63) is 54.4 Å². The monoisotopic (exact) mass is 329 g/mol. The number of rotatable bonds is 4. The Morgan fingerprint density at radius 1 is 1.17 bits per heavy atom. The van der Waals surface area contributed by atoms with Crippen LogP contribution in [0.25, 0.3) is 11.0 Å². The smallest absolute Gasteiger partial charge is 0.264 e. The molecule has 5 nitrogen and oxygen atoms in total. The van der Waals surface area contributed by atoms with Gasteiger partial charge in [0.25, 0.3) is 10.0 Å². The fraction of sp³-hybridized carbons (Fsp3) is 0.235. The molecule has 0 amide bonds. The molecule has 0 fully saturated rings. The third-order valence-corrected chi connectivity index (χ3v) is 5.76. The van der Waals surface area contributed by atoms with Crippen LogP contribution >= 0.6 is 0 Å². The molecule has 0 aliphatic rings. The second-order valence-corrected chi connectivity index (χ2v) is 7.38. The molecule has 0 N–H and O–H groups in total. The van der Waals surface area contributed by atoms with Gasteiger partial charge in [-0.2, -0.15) is 0 Å². The number of benzene rings is 2. The lowest BCUT2D eigenvalue weighted by Crippen LogP contribution is -2.30. The average molecular weight is 329 g/mol.